The first-order valence-corrected chi connectivity index (χ1v) is 8.03. The number of aryl methyl sites for hydroxylation is 2. The van der Waals surface area contributed by atoms with Crippen LogP contribution in [0.3, 0.4) is 0 Å². The van der Waals surface area contributed by atoms with Crippen LogP contribution in [0.2, 0.25) is 0 Å². The molecule has 3 aromatic rings. The number of nitrogens with zero attached hydrogens (tertiary/aromatic N) is 3. The van der Waals surface area contributed by atoms with Crippen molar-refractivity contribution in [3.8, 4) is 6.07 Å². The standard InChI is InChI=1S/C20H17N5O/c1-13-9-14(2)11-17(10-13)24-20-22-8-7-18(25-20)19(26)23-16-5-3-15(12-21)4-6-16/h3-11H,1-2H3,(H,23,26)(H,22,24,25). The number of rotatable bonds is 4. The fourth-order valence-electron chi connectivity index (χ4n) is 2.54. The summed E-state index contributed by atoms with van der Waals surface area (Å²) in [4.78, 5) is 20.8. The van der Waals surface area contributed by atoms with Crippen molar-refractivity contribution in [3.63, 3.8) is 0 Å². The molecule has 0 aliphatic carbocycles. The smallest absolute Gasteiger partial charge is 0.274 e. The Morgan fingerprint density at radius 1 is 1.00 bits per heavy atom. The van der Waals surface area contributed by atoms with E-state index in [1.54, 1.807) is 30.3 Å². The molecule has 128 valence electrons. The molecule has 1 amide bonds. The van der Waals surface area contributed by atoms with E-state index in [2.05, 4.69) is 26.7 Å². The number of hydrogen-bond acceptors (Lipinski definition) is 5. The average Bonchev–Trinajstić information content (AvgIpc) is 2.61. The van der Waals surface area contributed by atoms with Crippen LogP contribution in [0.25, 0.3) is 0 Å². The molecule has 6 nitrogen and oxygen atoms in total. The summed E-state index contributed by atoms with van der Waals surface area (Å²) in [6, 6.07) is 16.3. The maximum absolute atomic E-state index is 12.4. The van der Waals surface area contributed by atoms with Crippen LogP contribution >= 0.6 is 0 Å². The predicted octanol–water partition coefficient (Wildman–Crippen LogP) is 3.96. The Bertz CT molecular complexity index is 970. The minimum atomic E-state index is -0.347. The number of anilines is 3. The zero-order valence-corrected chi connectivity index (χ0v) is 14.4. The van der Waals surface area contributed by atoms with Gasteiger partial charge in [0.1, 0.15) is 5.69 Å². The maximum Gasteiger partial charge on any atom is 0.274 e. The van der Waals surface area contributed by atoms with Crippen LogP contribution < -0.4 is 10.6 Å². The van der Waals surface area contributed by atoms with Crippen LogP contribution in [0.15, 0.2) is 54.7 Å². The van der Waals surface area contributed by atoms with Gasteiger partial charge in [-0.05, 0) is 67.4 Å². The largest absolute Gasteiger partial charge is 0.324 e. The average molecular weight is 343 g/mol. The summed E-state index contributed by atoms with van der Waals surface area (Å²) >= 11 is 0. The zero-order chi connectivity index (χ0) is 18.5. The minimum Gasteiger partial charge on any atom is -0.324 e. The van der Waals surface area contributed by atoms with Crippen molar-refractivity contribution in [2.75, 3.05) is 10.6 Å². The fraction of sp³-hybridized carbons (Fsp3) is 0.100. The summed E-state index contributed by atoms with van der Waals surface area (Å²) in [7, 11) is 0. The molecule has 2 aromatic carbocycles. The first-order valence-electron chi connectivity index (χ1n) is 8.03. The molecule has 0 fully saturated rings. The van der Waals surface area contributed by atoms with E-state index in [9.17, 15) is 4.79 Å². The summed E-state index contributed by atoms with van der Waals surface area (Å²) < 4.78 is 0. The van der Waals surface area contributed by atoms with Crippen molar-refractivity contribution in [1.82, 2.24) is 9.97 Å². The van der Waals surface area contributed by atoms with Crippen molar-refractivity contribution in [2.24, 2.45) is 0 Å². The lowest BCUT2D eigenvalue weighted by atomic mass is 10.1. The highest BCUT2D eigenvalue weighted by atomic mass is 16.1. The molecule has 0 atom stereocenters. The first kappa shape index (κ1) is 17.1. The molecule has 0 aliphatic rings. The number of amides is 1. The summed E-state index contributed by atoms with van der Waals surface area (Å²) in [6.45, 7) is 4.03. The Morgan fingerprint density at radius 3 is 2.35 bits per heavy atom. The topological polar surface area (TPSA) is 90.7 Å². The van der Waals surface area contributed by atoms with Crippen LogP contribution in [0.4, 0.5) is 17.3 Å². The van der Waals surface area contributed by atoms with Gasteiger partial charge in [0.15, 0.2) is 0 Å². The number of aromatic nitrogens is 2. The van der Waals surface area contributed by atoms with Gasteiger partial charge in [-0.2, -0.15) is 5.26 Å². The van der Waals surface area contributed by atoms with E-state index >= 15 is 0 Å². The van der Waals surface area contributed by atoms with Crippen LogP contribution in [0, 0.1) is 25.2 Å². The van der Waals surface area contributed by atoms with Crippen molar-refractivity contribution in [2.45, 2.75) is 13.8 Å². The molecular formula is C20H17N5O. The molecule has 1 aromatic heterocycles. The summed E-state index contributed by atoms with van der Waals surface area (Å²) in [6.07, 6.45) is 1.53. The van der Waals surface area contributed by atoms with Gasteiger partial charge in [0, 0.05) is 17.6 Å². The third-order valence-electron chi connectivity index (χ3n) is 3.64. The maximum atomic E-state index is 12.4. The molecule has 26 heavy (non-hydrogen) atoms. The fourth-order valence-corrected chi connectivity index (χ4v) is 2.54. The number of nitrogens with one attached hydrogen (secondary N) is 2. The normalized spacial score (nSPS) is 10.0. The third-order valence-corrected chi connectivity index (χ3v) is 3.64. The third kappa shape index (κ3) is 4.22. The van der Waals surface area contributed by atoms with Gasteiger partial charge in [-0.1, -0.05) is 6.07 Å². The molecule has 0 radical (unpaired) electrons. The molecule has 3 rings (SSSR count). The van der Waals surface area contributed by atoms with Crippen LogP contribution in [-0.2, 0) is 0 Å². The monoisotopic (exact) mass is 343 g/mol. The zero-order valence-electron chi connectivity index (χ0n) is 14.4. The Kier molecular flexibility index (Phi) is 4.90. The second-order valence-electron chi connectivity index (χ2n) is 5.91. The van der Waals surface area contributed by atoms with E-state index in [0.717, 1.165) is 16.8 Å². The molecule has 0 aliphatic heterocycles. The lowest BCUT2D eigenvalue weighted by molar-refractivity contribution is 0.102. The Hall–Kier alpha value is -3.72. The SMILES string of the molecule is Cc1cc(C)cc(Nc2nccc(C(=O)Nc3ccc(C#N)cc3)n2)c1. The molecule has 2 N–H and O–H groups in total. The highest BCUT2D eigenvalue weighted by molar-refractivity contribution is 6.03. The Morgan fingerprint density at radius 2 is 1.69 bits per heavy atom. The quantitative estimate of drug-likeness (QED) is 0.748. The van der Waals surface area contributed by atoms with Crippen LogP contribution in [0.5, 0.6) is 0 Å². The van der Waals surface area contributed by atoms with Gasteiger partial charge >= 0.3 is 0 Å². The summed E-state index contributed by atoms with van der Waals surface area (Å²) in [5.74, 6) is 0.00283. The van der Waals surface area contributed by atoms with E-state index in [1.165, 1.54) is 6.20 Å². The van der Waals surface area contributed by atoms with Crippen LogP contribution in [-0.4, -0.2) is 15.9 Å². The second-order valence-corrected chi connectivity index (χ2v) is 5.91. The Labute approximate surface area is 151 Å². The minimum absolute atomic E-state index is 0.247. The summed E-state index contributed by atoms with van der Waals surface area (Å²) in [5, 5.41) is 14.7. The van der Waals surface area contributed by atoms with Crippen molar-refractivity contribution >= 4 is 23.2 Å². The van der Waals surface area contributed by atoms with Gasteiger partial charge in [-0.15, -0.1) is 0 Å². The first-order chi connectivity index (χ1) is 12.5. The van der Waals surface area contributed by atoms with Crippen molar-refractivity contribution in [1.29, 1.82) is 5.26 Å². The molecule has 0 spiro atoms. The van der Waals surface area contributed by atoms with Gasteiger partial charge in [0.25, 0.3) is 5.91 Å². The predicted molar refractivity (Wildman–Crippen MR) is 100 cm³/mol. The van der Waals surface area contributed by atoms with Gasteiger partial charge in [-0.3, -0.25) is 4.79 Å². The number of hydrogen-bond donors (Lipinski definition) is 2. The van der Waals surface area contributed by atoms with Gasteiger partial charge in [-0.25, -0.2) is 9.97 Å². The second kappa shape index (κ2) is 7.45. The number of carbonyl (C=O) groups excluding carboxylic acids is 1. The lowest BCUT2D eigenvalue weighted by Crippen LogP contribution is -2.14. The molecular weight excluding hydrogens is 326 g/mol. The van der Waals surface area contributed by atoms with E-state index < -0.39 is 0 Å². The Balaban J connectivity index is 1.75. The van der Waals surface area contributed by atoms with Crippen molar-refractivity contribution in [3.05, 3.63) is 77.1 Å². The van der Waals surface area contributed by atoms with E-state index in [0.29, 0.717) is 17.2 Å². The van der Waals surface area contributed by atoms with E-state index in [4.69, 9.17) is 5.26 Å². The molecule has 0 bridgehead atoms. The number of benzene rings is 2. The molecule has 1 heterocycles. The highest BCUT2D eigenvalue weighted by Crippen LogP contribution is 2.17. The molecule has 6 heteroatoms. The number of carbonyl (C=O) groups is 1. The van der Waals surface area contributed by atoms with E-state index in [1.807, 2.05) is 32.0 Å². The van der Waals surface area contributed by atoms with Gasteiger partial charge < -0.3 is 10.6 Å². The van der Waals surface area contributed by atoms with E-state index in [-0.39, 0.29) is 11.6 Å². The molecule has 0 saturated carbocycles. The van der Waals surface area contributed by atoms with Gasteiger partial charge in [0.05, 0.1) is 11.6 Å². The number of nitriles is 1. The van der Waals surface area contributed by atoms with Crippen molar-refractivity contribution < 1.29 is 4.79 Å². The lowest BCUT2D eigenvalue weighted by Gasteiger charge is -2.09. The molecule has 0 saturated heterocycles. The highest BCUT2D eigenvalue weighted by Gasteiger charge is 2.10. The van der Waals surface area contributed by atoms with Crippen LogP contribution in [0.1, 0.15) is 27.2 Å². The summed E-state index contributed by atoms with van der Waals surface area (Å²) in [5.41, 5.74) is 4.49. The van der Waals surface area contributed by atoms with Gasteiger partial charge in [0.2, 0.25) is 5.95 Å². The molecule has 0 unspecified atom stereocenters.